The van der Waals surface area contributed by atoms with E-state index in [-0.39, 0.29) is 0 Å². The number of methoxy groups -OCH3 is 1. The van der Waals surface area contributed by atoms with Crippen LogP contribution in [0, 0.1) is 5.82 Å². The molecule has 0 saturated heterocycles. The molecule has 114 valence electrons. The van der Waals surface area contributed by atoms with Crippen molar-refractivity contribution in [3.05, 3.63) is 29.6 Å². The maximum atomic E-state index is 14.2. The van der Waals surface area contributed by atoms with E-state index in [1.165, 1.54) is 19.4 Å². The van der Waals surface area contributed by atoms with Gasteiger partial charge in [0.25, 0.3) is 0 Å². The summed E-state index contributed by atoms with van der Waals surface area (Å²) in [5, 5.41) is 3.06. The van der Waals surface area contributed by atoms with Gasteiger partial charge >= 0.3 is 0 Å². The van der Waals surface area contributed by atoms with Gasteiger partial charge in [-0.1, -0.05) is 13.0 Å². The Balaban J connectivity index is 3.35. The smallest absolute Gasteiger partial charge is 0.154 e. The SMILES string of the molecule is CCNC(c1ccc(OC)cc1F)C(C)(C)S(C)(=O)=O. The first-order chi connectivity index (χ1) is 9.15. The van der Waals surface area contributed by atoms with Crippen molar-refractivity contribution in [1.29, 1.82) is 0 Å². The van der Waals surface area contributed by atoms with Gasteiger partial charge in [0.05, 0.1) is 17.9 Å². The van der Waals surface area contributed by atoms with Gasteiger partial charge in [-0.2, -0.15) is 0 Å². The van der Waals surface area contributed by atoms with E-state index < -0.39 is 26.4 Å². The summed E-state index contributed by atoms with van der Waals surface area (Å²) in [6.07, 6.45) is 1.17. The Morgan fingerprint density at radius 3 is 2.40 bits per heavy atom. The van der Waals surface area contributed by atoms with Crippen molar-refractivity contribution in [1.82, 2.24) is 5.32 Å². The molecule has 0 radical (unpaired) electrons. The van der Waals surface area contributed by atoms with Crippen LogP contribution >= 0.6 is 0 Å². The summed E-state index contributed by atoms with van der Waals surface area (Å²) in [6, 6.07) is 3.82. The minimum Gasteiger partial charge on any atom is -0.497 e. The molecule has 1 N–H and O–H groups in total. The van der Waals surface area contributed by atoms with Crippen molar-refractivity contribution >= 4 is 9.84 Å². The molecule has 0 fully saturated rings. The van der Waals surface area contributed by atoms with Gasteiger partial charge in [-0.15, -0.1) is 0 Å². The molecule has 0 aliphatic heterocycles. The lowest BCUT2D eigenvalue weighted by Gasteiger charge is -2.33. The van der Waals surface area contributed by atoms with Crippen molar-refractivity contribution in [3.63, 3.8) is 0 Å². The minimum absolute atomic E-state index is 0.322. The van der Waals surface area contributed by atoms with Crippen LogP contribution < -0.4 is 10.1 Å². The maximum absolute atomic E-state index is 14.2. The number of ether oxygens (including phenoxy) is 1. The van der Waals surface area contributed by atoms with Crippen LogP contribution in [0.4, 0.5) is 4.39 Å². The van der Waals surface area contributed by atoms with E-state index in [4.69, 9.17) is 4.74 Å². The van der Waals surface area contributed by atoms with E-state index in [9.17, 15) is 12.8 Å². The standard InChI is InChI=1S/C14H22FNO3S/c1-6-16-13(14(2,3)20(5,17)18)11-8-7-10(19-4)9-12(11)15/h7-9,13,16H,6H2,1-5H3. The highest BCUT2D eigenvalue weighted by Gasteiger charge is 2.40. The van der Waals surface area contributed by atoms with Crippen LogP contribution in [-0.4, -0.2) is 33.1 Å². The van der Waals surface area contributed by atoms with E-state index in [1.54, 1.807) is 26.0 Å². The highest BCUT2D eigenvalue weighted by molar-refractivity contribution is 7.92. The zero-order valence-corrected chi connectivity index (χ0v) is 13.3. The Kier molecular flexibility index (Phi) is 5.15. The lowest BCUT2D eigenvalue weighted by atomic mass is 9.94. The zero-order chi connectivity index (χ0) is 15.6. The molecule has 6 heteroatoms. The van der Waals surface area contributed by atoms with Gasteiger partial charge in [0, 0.05) is 17.9 Å². The molecule has 0 amide bonds. The fraction of sp³-hybridized carbons (Fsp3) is 0.571. The average molecular weight is 303 g/mol. The van der Waals surface area contributed by atoms with Gasteiger partial charge in [-0.25, -0.2) is 12.8 Å². The summed E-state index contributed by atoms with van der Waals surface area (Å²) >= 11 is 0. The third kappa shape index (κ3) is 3.30. The summed E-state index contributed by atoms with van der Waals surface area (Å²) in [4.78, 5) is 0. The van der Waals surface area contributed by atoms with Gasteiger partial charge in [-0.05, 0) is 26.5 Å². The molecule has 0 aliphatic carbocycles. The van der Waals surface area contributed by atoms with Crippen LogP contribution in [0.1, 0.15) is 32.4 Å². The molecule has 0 aromatic heterocycles. The van der Waals surface area contributed by atoms with Gasteiger partial charge in [0.15, 0.2) is 9.84 Å². The molecular formula is C14H22FNO3S. The molecule has 4 nitrogen and oxygen atoms in total. The van der Waals surface area contributed by atoms with Crippen molar-refractivity contribution in [2.75, 3.05) is 19.9 Å². The molecule has 0 saturated carbocycles. The Morgan fingerprint density at radius 1 is 1.40 bits per heavy atom. The number of sulfone groups is 1. The lowest BCUT2D eigenvalue weighted by molar-refractivity contribution is 0.399. The summed E-state index contributed by atoms with van der Waals surface area (Å²) in [7, 11) is -1.91. The molecule has 1 rings (SSSR count). The Morgan fingerprint density at radius 2 is 2.00 bits per heavy atom. The molecule has 1 aromatic rings. The highest BCUT2D eigenvalue weighted by atomic mass is 32.2. The quantitative estimate of drug-likeness (QED) is 0.876. The topological polar surface area (TPSA) is 55.4 Å². The van der Waals surface area contributed by atoms with E-state index in [0.29, 0.717) is 17.9 Å². The number of hydrogen-bond donors (Lipinski definition) is 1. The van der Waals surface area contributed by atoms with Crippen molar-refractivity contribution in [2.24, 2.45) is 0 Å². The number of nitrogens with one attached hydrogen (secondary N) is 1. The normalized spacial score (nSPS) is 14.1. The van der Waals surface area contributed by atoms with Gasteiger partial charge in [-0.3, -0.25) is 0 Å². The van der Waals surface area contributed by atoms with Crippen molar-refractivity contribution < 1.29 is 17.5 Å². The first kappa shape index (κ1) is 16.9. The molecule has 0 heterocycles. The number of halogens is 1. The van der Waals surface area contributed by atoms with E-state index in [0.717, 1.165) is 0 Å². The predicted octanol–water partition coefficient (Wildman–Crippen LogP) is 2.31. The second kappa shape index (κ2) is 6.10. The zero-order valence-electron chi connectivity index (χ0n) is 12.5. The van der Waals surface area contributed by atoms with Crippen LogP contribution in [0.2, 0.25) is 0 Å². The van der Waals surface area contributed by atoms with Gasteiger partial charge in [0.2, 0.25) is 0 Å². The summed E-state index contributed by atoms with van der Waals surface area (Å²) in [6.45, 7) is 5.58. The third-order valence-electron chi connectivity index (χ3n) is 3.58. The molecule has 0 bridgehead atoms. The number of hydrogen-bond acceptors (Lipinski definition) is 4. The van der Waals surface area contributed by atoms with E-state index >= 15 is 0 Å². The second-order valence-corrected chi connectivity index (χ2v) is 7.85. The lowest BCUT2D eigenvalue weighted by Crippen LogP contribution is -2.45. The molecule has 1 unspecified atom stereocenters. The highest BCUT2D eigenvalue weighted by Crippen LogP contribution is 2.34. The van der Waals surface area contributed by atoms with Crippen LogP contribution in [0.15, 0.2) is 18.2 Å². The molecule has 1 atom stereocenters. The third-order valence-corrected chi connectivity index (χ3v) is 5.72. The molecule has 0 aliphatic rings. The molecule has 0 spiro atoms. The van der Waals surface area contributed by atoms with Crippen LogP contribution in [0.5, 0.6) is 5.75 Å². The summed E-state index contributed by atoms with van der Waals surface area (Å²) in [5.74, 6) is -0.0781. The Hall–Kier alpha value is -1.14. The van der Waals surface area contributed by atoms with Crippen molar-refractivity contribution in [2.45, 2.75) is 31.6 Å². The van der Waals surface area contributed by atoms with Crippen LogP contribution in [0.3, 0.4) is 0 Å². The summed E-state index contributed by atoms with van der Waals surface area (Å²) < 4.78 is 42.0. The molecule has 20 heavy (non-hydrogen) atoms. The first-order valence-corrected chi connectivity index (χ1v) is 8.30. The van der Waals surface area contributed by atoms with Gasteiger partial charge in [0.1, 0.15) is 11.6 Å². The van der Waals surface area contributed by atoms with Crippen molar-refractivity contribution in [3.8, 4) is 5.75 Å². The minimum atomic E-state index is -3.36. The van der Waals surface area contributed by atoms with Crippen LogP contribution in [-0.2, 0) is 9.84 Å². The van der Waals surface area contributed by atoms with Crippen LogP contribution in [0.25, 0.3) is 0 Å². The van der Waals surface area contributed by atoms with E-state index in [1.807, 2.05) is 6.92 Å². The number of benzene rings is 1. The predicted molar refractivity (Wildman–Crippen MR) is 78.3 cm³/mol. The Bertz CT molecular complexity index is 570. The monoisotopic (exact) mass is 303 g/mol. The fourth-order valence-electron chi connectivity index (χ4n) is 2.02. The largest absolute Gasteiger partial charge is 0.497 e. The second-order valence-electron chi connectivity index (χ2n) is 5.25. The Labute approximate surface area is 120 Å². The summed E-state index contributed by atoms with van der Waals surface area (Å²) in [5.41, 5.74) is 0.322. The maximum Gasteiger partial charge on any atom is 0.154 e. The number of rotatable bonds is 6. The fourth-order valence-corrected chi connectivity index (χ4v) is 2.66. The van der Waals surface area contributed by atoms with Gasteiger partial charge < -0.3 is 10.1 Å². The van der Waals surface area contributed by atoms with E-state index in [2.05, 4.69) is 5.32 Å². The average Bonchev–Trinajstić information content (AvgIpc) is 2.34. The molecule has 1 aromatic carbocycles. The first-order valence-electron chi connectivity index (χ1n) is 6.41. The molecular weight excluding hydrogens is 281 g/mol.